The van der Waals surface area contributed by atoms with Crippen LogP contribution in [0.3, 0.4) is 0 Å². The van der Waals surface area contributed by atoms with Crippen molar-refractivity contribution in [1.29, 1.82) is 0 Å². The van der Waals surface area contributed by atoms with E-state index in [2.05, 4.69) is 25.8 Å². The number of aromatic nitrogens is 4. The average molecular weight is 356 g/mol. The lowest BCUT2D eigenvalue weighted by molar-refractivity contribution is -0.121. The highest BCUT2D eigenvalue weighted by atomic mass is 32.1. The molecule has 1 aliphatic heterocycles. The fraction of sp³-hybridized carbons (Fsp3) is 0.412. The molecule has 4 rings (SSSR count). The van der Waals surface area contributed by atoms with E-state index in [1.54, 1.807) is 18.4 Å². The topological polar surface area (TPSA) is 75.4 Å². The summed E-state index contributed by atoms with van der Waals surface area (Å²) in [6.45, 7) is 1.83. The SMILES string of the molecule is CNC(=O)CC1CCN(c2ccc3nnc(-c4ccsc4)n3n2)CC1. The van der Waals surface area contributed by atoms with E-state index in [-0.39, 0.29) is 5.91 Å². The van der Waals surface area contributed by atoms with Crippen LogP contribution in [0.4, 0.5) is 5.82 Å². The van der Waals surface area contributed by atoms with Gasteiger partial charge in [-0.05, 0) is 42.3 Å². The molecule has 1 aliphatic rings. The summed E-state index contributed by atoms with van der Waals surface area (Å²) in [5.41, 5.74) is 1.78. The smallest absolute Gasteiger partial charge is 0.220 e. The van der Waals surface area contributed by atoms with Crippen LogP contribution in [-0.4, -0.2) is 45.9 Å². The predicted molar refractivity (Wildman–Crippen MR) is 97.7 cm³/mol. The second kappa shape index (κ2) is 6.79. The van der Waals surface area contributed by atoms with Gasteiger partial charge in [-0.15, -0.1) is 15.3 Å². The molecule has 1 saturated heterocycles. The maximum absolute atomic E-state index is 11.5. The molecule has 0 saturated carbocycles. The maximum atomic E-state index is 11.5. The first-order valence-corrected chi connectivity index (χ1v) is 9.39. The van der Waals surface area contributed by atoms with E-state index in [0.29, 0.717) is 12.3 Å². The van der Waals surface area contributed by atoms with Gasteiger partial charge in [-0.25, -0.2) is 0 Å². The van der Waals surface area contributed by atoms with Crippen molar-refractivity contribution in [2.24, 2.45) is 5.92 Å². The van der Waals surface area contributed by atoms with E-state index in [0.717, 1.165) is 48.8 Å². The van der Waals surface area contributed by atoms with Crippen molar-refractivity contribution in [2.45, 2.75) is 19.3 Å². The third-order valence-corrected chi connectivity index (χ3v) is 5.40. The number of hydrogen-bond donors (Lipinski definition) is 1. The van der Waals surface area contributed by atoms with Crippen molar-refractivity contribution in [1.82, 2.24) is 25.1 Å². The number of carbonyl (C=O) groups excluding carboxylic acids is 1. The van der Waals surface area contributed by atoms with Crippen LogP contribution in [0.5, 0.6) is 0 Å². The Balaban J connectivity index is 1.53. The van der Waals surface area contributed by atoms with E-state index in [1.807, 2.05) is 28.1 Å². The Hall–Kier alpha value is -2.48. The van der Waals surface area contributed by atoms with Gasteiger partial charge >= 0.3 is 0 Å². The van der Waals surface area contributed by atoms with Crippen LogP contribution in [0, 0.1) is 5.92 Å². The van der Waals surface area contributed by atoms with Crippen molar-refractivity contribution < 1.29 is 4.79 Å². The Bertz CT molecular complexity index is 867. The fourth-order valence-corrected chi connectivity index (χ4v) is 3.88. The lowest BCUT2D eigenvalue weighted by Crippen LogP contribution is -2.36. The van der Waals surface area contributed by atoms with E-state index >= 15 is 0 Å². The standard InChI is InChI=1S/C17H20N6OS/c1-18-16(24)10-12-4-7-22(8-5-12)15-3-2-14-19-20-17(23(14)21-15)13-6-9-25-11-13/h2-3,6,9,11-12H,4-5,7-8,10H2,1H3,(H,18,24). The van der Waals surface area contributed by atoms with Crippen LogP contribution < -0.4 is 10.2 Å². The molecule has 8 heteroatoms. The van der Waals surface area contributed by atoms with Gasteiger partial charge in [0.15, 0.2) is 11.5 Å². The molecule has 130 valence electrons. The summed E-state index contributed by atoms with van der Waals surface area (Å²) in [7, 11) is 1.70. The number of amides is 1. The number of anilines is 1. The molecule has 0 unspecified atom stereocenters. The zero-order valence-electron chi connectivity index (χ0n) is 14.1. The molecule has 0 atom stereocenters. The molecule has 4 heterocycles. The molecular formula is C17H20N6OS. The molecule has 0 radical (unpaired) electrons. The highest BCUT2D eigenvalue weighted by molar-refractivity contribution is 7.08. The molecule has 1 amide bonds. The normalized spacial score (nSPS) is 15.6. The van der Waals surface area contributed by atoms with Gasteiger partial charge in [0.2, 0.25) is 5.91 Å². The molecule has 0 bridgehead atoms. The number of nitrogens with one attached hydrogen (secondary N) is 1. The van der Waals surface area contributed by atoms with Gasteiger partial charge in [-0.2, -0.15) is 15.9 Å². The van der Waals surface area contributed by atoms with Crippen LogP contribution in [0.1, 0.15) is 19.3 Å². The summed E-state index contributed by atoms with van der Waals surface area (Å²) >= 11 is 1.63. The van der Waals surface area contributed by atoms with Crippen LogP contribution in [0.2, 0.25) is 0 Å². The minimum absolute atomic E-state index is 0.128. The van der Waals surface area contributed by atoms with Crippen molar-refractivity contribution in [3.05, 3.63) is 29.0 Å². The fourth-order valence-electron chi connectivity index (χ4n) is 3.25. The zero-order chi connectivity index (χ0) is 17.2. The van der Waals surface area contributed by atoms with Gasteiger partial charge in [-0.1, -0.05) is 0 Å². The molecule has 25 heavy (non-hydrogen) atoms. The Labute approximate surface area is 149 Å². The zero-order valence-corrected chi connectivity index (χ0v) is 14.9. The Kier molecular flexibility index (Phi) is 4.35. The third kappa shape index (κ3) is 3.21. The van der Waals surface area contributed by atoms with Crippen LogP contribution >= 0.6 is 11.3 Å². The molecule has 3 aromatic heterocycles. The van der Waals surface area contributed by atoms with Crippen molar-refractivity contribution in [3.63, 3.8) is 0 Å². The Morgan fingerprint density at radius 1 is 1.28 bits per heavy atom. The summed E-state index contributed by atoms with van der Waals surface area (Å²) in [5, 5.41) is 20.0. The number of piperidine rings is 1. The first-order chi connectivity index (χ1) is 12.2. The quantitative estimate of drug-likeness (QED) is 0.776. The van der Waals surface area contributed by atoms with Gasteiger partial charge in [0, 0.05) is 37.5 Å². The van der Waals surface area contributed by atoms with Crippen LogP contribution in [-0.2, 0) is 4.79 Å². The summed E-state index contributed by atoms with van der Waals surface area (Å²) in [4.78, 5) is 13.8. The Morgan fingerprint density at radius 3 is 2.84 bits per heavy atom. The van der Waals surface area contributed by atoms with Gasteiger partial charge < -0.3 is 10.2 Å². The summed E-state index contributed by atoms with van der Waals surface area (Å²) in [5.74, 6) is 2.29. The summed E-state index contributed by atoms with van der Waals surface area (Å²) < 4.78 is 1.81. The number of hydrogen-bond acceptors (Lipinski definition) is 6. The largest absolute Gasteiger partial charge is 0.359 e. The minimum atomic E-state index is 0.128. The Morgan fingerprint density at radius 2 is 2.12 bits per heavy atom. The van der Waals surface area contributed by atoms with Gasteiger partial charge in [-0.3, -0.25) is 4.79 Å². The van der Waals surface area contributed by atoms with Crippen LogP contribution in [0.25, 0.3) is 17.0 Å². The lowest BCUT2D eigenvalue weighted by atomic mass is 9.93. The first-order valence-electron chi connectivity index (χ1n) is 8.45. The van der Waals surface area contributed by atoms with Crippen molar-refractivity contribution >= 4 is 28.7 Å². The molecule has 0 aromatic carbocycles. The van der Waals surface area contributed by atoms with Gasteiger partial charge in [0.05, 0.1) is 0 Å². The molecule has 3 aromatic rings. The molecular weight excluding hydrogens is 336 g/mol. The number of nitrogens with zero attached hydrogens (tertiary/aromatic N) is 5. The second-order valence-electron chi connectivity index (χ2n) is 6.30. The molecule has 7 nitrogen and oxygen atoms in total. The number of thiophene rings is 1. The summed E-state index contributed by atoms with van der Waals surface area (Å²) in [6.07, 6.45) is 2.63. The minimum Gasteiger partial charge on any atom is -0.359 e. The number of fused-ring (bicyclic) bond motifs is 1. The molecule has 0 aliphatic carbocycles. The monoisotopic (exact) mass is 356 g/mol. The van der Waals surface area contributed by atoms with Crippen LogP contribution in [0.15, 0.2) is 29.0 Å². The predicted octanol–water partition coefficient (Wildman–Crippen LogP) is 2.21. The molecule has 1 fully saturated rings. The van der Waals surface area contributed by atoms with E-state index < -0.39 is 0 Å². The average Bonchev–Trinajstić information content (AvgIpc) is 3.31. The molecule has 0 spiro atoms. The van der Waals surface area contributed by atoms with E-state index in [9.17, 15) is 4.79 Å². The third-order valence-electron chi connectivity index (χ3n) is 4.72. The second-order valence-corrected chi connectivity index (χ2v) is 7.08. The van der Waals surface area contributed by atoms with E-state index in [4.69, 9.17) is 5.10 Å². The number of carbonyl (C=O) groups is 1. The van der Waals surface area contributed by atoms with E-state index in [1.165, 1.54) is 0 Å². The maximum Gasteiger partial charge on any atom is 0.220 e. The van der Waals surface area contributed by atoms with Crippen molar-refractivity contribution in [3.8, 4) is 11.4 Å². The number of rotatable bonds is 4. The highest BCUT2D eigenvalue weighted by Crippen LogP contribution is 2.25. The molecule has 1 N–H and O–H groups in total. The lowest BCUT2D eigenvalue weighted by Gasteiger charge is -2.32. The first kappa shape index (κ1) is 16.0. The van der Waals surface area contributed by atoms with Gasteiger partial charge in [0.25, 0.3) is 0 Å². The van der Waals surface area contributed by atoms with Crippen molar-refractivity contribution in [2.75, 3.05) is 25.0 Å². The highest BCUT2D eigenvalue weighted by Gasteiger charge is 2.22. The summed E-state index contributed by atoms with van der Waals surface area (Å²) in [6, 6.07) is 5.99. The van der Waals surface area contributed by atoms with Gasteiger partial charge in [0.1, 0.15) is 5.82 Å².